The van der Waals surface area contributed by atoms with Crippen LogP contribution in [0.15, 0.2) is 12.4 Å². The van der Waals surface area contributed by atoms with Gasteiger partial charge in [0.1, 0.15) is 5.60 Å². The second kappa shape index (κ2) is 6.24. The van der Waals surface area contributed by atoms with Crippen LogP contribution < -0.4 is 10.6 Å². The van der Waals surface area contributed by atoms with E-state index in [4.69, 9.17) is 4.74 Å². The molecule has 1 amide bonds. The van der Waals surface area contributed by atoms with Crippen LogP contribution in [0, 0.1) is 0 Å². The topological polar surface area (TPSA) is 93.2 Å². The Kier molecular flexibility index (Phi) is 4.94. The molecule has 0 aromatic carbocycles. The minimum Gasteiger partial charge on any atom is -0.444 e. The van der Waals surface area contributed by atoms with Crippen LogP contribution in [0.5, 0.6) is 0 Å². The fourth-order valence-corrected chi connectivity index (χ4v) is 1.19. The van der Waals surface area contributed by atoms with Crippen molar-refractivity contribution in [3.8, 4) is 0 Å². The zero-order valence-electron chi connectivity index (χ0n) is 11.5. The van der Waals surface area contributed by atoms with Gasteiger partial charge in [-0.2, -0.15) is 0 Å². The third-order valence-corrected chi connectivity index (χ3v) is 1.92. The van der Waals surface area contributed by atoms with Crippen molar-refractivity contribution in [1.29, 1.82) is 0 Å². The van der Waals surface area contributed by atoms with E-state index in [-0.39, 0.29) is 18.3 Å². The van der Waals surface area contributed by atoms with Gasteiger partial charge in [-0.3, -0.25) is 10.1 Å². The Hall–Kier alpha value is -2.02. The minimum absolute atomic E-state index is 0.0928. The largest absolute Gasteiger partial charge is 0.444 e. The monoisotopic (exact) mass is 266 g/mol. The Morgan fingerprint density at radius 1 is 1.26 bits per heavy atom. The molecule has 1 aromatic heterocycles. The maximum atomic E-state index is 11.5. The van der Waals surface area contributed by atoms with E-state index in [2.05, 4.69) is 20.6 Å². The molecule has 0 aliphatic rings. The Bertz CT molecular complexity index is 451. The molecule has 2 N–H and O–H groups in total. The van der Waals surface area contributed by atoms with Crippen molar-refractivity contribution in [2.24, 2.45) is 0 Å². The predicted molar refractivity (Wildman–Crippen MR) is 70.1 cm³/mol. The number of hydrogen-bond donors (Lipinski definition) is 2. The van der Waals surface area contributed by atoms with Crippen molar-refractivity contribution in [3.63, 3.8) is 0 Å². The molecule has 1 rings (SSSR count). The first-order valence-corrected chi connectivity index (χ1v) is 5.81. The summed E-state index contributed by atoms with van der Waals surface area (Å²) in [7, 11) is 1.68. The van der Waals surface area contributed by atoms with Crippen LogP contribution in [0.1, 0.15) is 31.1 Å². The highest BCUT2D eigenvalue weighted by Crippen LogP contribution is 2.09. The lowest BCUT2D eigenvalue weighted by Crippen LogP contribution is -2.28. The first-order valence-electron chi connectivity index (χ1n) is 5.81. The third-order valence-electron chi connectivity index (χ3n) is 1.92. The van der Waals surface area contributed by atoms with Crippen molar-refractivity contribution in [2.45, 2.75) is 26.4 Å². The van der Waals surface area contributed by atoms with Crippen LogP contribution in [-0.4, -0.2) is 41.0 Å². The third kappa shape index (κ3) is 5.43. The van der Waals surface area contributed by atoms with Gasteiger partial charge in [-0.25, -0.2) is 14.8 Å². The zero-order chi connectivity index (χ0) is 14.5. The molecule has 7 nitrogen and oxygen atoms in total. The summed E-state index contributed by atoms with van der Waals surface area (Å²) in [6, 6.07) is 0. The van der Waals surface area contributed by atoms with E-state index in [1.807, 2.05) is 0 Å². The van der Waals surface area contributed by atoms with Crippen molar-refractivity contribution in [1.82, 2.24) is 15.3 Å². The average Bonchev–Trinajstić information content (AvgIpc) is 2.27. The molecule has 104 valence electrons. The molecule has 19 heavy (non-hydrogen) atoms. The summed E-state index contributed by atoms with van der Waals surface area (Å²) < 4.78 is 5.05. The van der Waals surface area contributed by atoms with Crippen molar-refractivity contribution in [2.75, 3.05) is 18.9 Å². The van der Waals surface area contributed by atoms with E-state index >= 15 is 0 Å². The van der Waals surface area contributed by atoms with Gasteiger partial charge in [0.25, 0.3) is 0 Å². The van der Waals surface area contributed by atoms with Crippen LogP contribution in [0.4, 0.5) is 10.7 Å². The lowest BCUT2D eigenvalue weighted by Gasteiger charge is -2.19. The molecule has 0 saturated heterocycles. The number of carbonyl (C=O) groups is 2. The molecule has 0 atom stereocenters. The molecule has 1 heterocycles. The van der Waals surface area contributed by atoms with E-state index in [0.717, 1.165) is 0 Å². The van der Waals surface area contributed by atoms with Crippen molar-refractivity contribution < 1.29 is 14.3 Å². The normalized spacial score (nSPS) is 10.9. The molecule has 0 fully saturated rings. The summed E-state index contributed by atoms with van der Waals surface area (Å²) >= 11 is 0. The van der Waals surface area contributed by atoms with E-state index in [9.17, 15) is 9.59 Å². The summed E-state index contributed by atoms with van der Waals surface area (Å²) in [5.41, 5.74) is -0.212. The number of carbonyl (C=O) groups excluding carboxylic acids is 2. The first kappa shape index (κ1) is 15.0. The van der Waals surface area contributed by atoms with Crippen LogP contribution >= 0.6 is 0 Å². The van der Waals surface area contributed by atoms with Gasteiger partial charge >= 0.3 is 6.09 Å². The number of hydrogen-bond acceptors (Lipinski definition) is 6. The van der Waals surface area contributed by atoms with Gasteiger partial charge in [-0.05, 0) is 27.8 Å². The Morgan fingerprint density at radius 2 is 1.84 bits per heavy atom. The highest BCUT2D eigenvalue weighted by Gasteiger charge is 2.17. The van der Waals surface area contributed by atoms with E-state index in [0.29, 0.717) is 5.56 Å². The molecule has 0 aliphatic heterocycles. The molecule has 0 bridgehead atoms. The van der Waals surface area contributed by atoms with Gasteiger partial charge in [-0.15, -0.1) is 0 Å². The lowest BCUT2D eigenvalue weighted by molar-refractivity contribution is 0.0634. The molecule has 0 radical (unpaired) electrons. The fourth-order valence-electron chi connectivity index (χ4n) is 1.19. The minimum atomic E-state index is -0.637. The second-order valence-electron chi connectivity index (χ2n) is 4.88. The van der Waals surface area contributed by atoms with Crippen molar-refractivity contribution in [3.05, 3.63) is 18.0 Å². The maximum Gasteiger partial charge on any atom is 0.414 e. The standard InChI is InChI=1S/C12H18N4O3/c1-12(2,3)19-11(18)16-10-14-5-8(6-15-10)9(17)7-13-4/h5-6,13H,7H2,1-4H3,(H,14,15,16,18). The number of nitrogens with one attached hydrogen (secondary N) is 2. The molecule has 0 unspecified atom stereocenters. The van der Waals surface area contributed by atoms with Crippen molar-refractivity contribution >= 4 is 17.8 Å². The zero-order valence-corrected chi connectivity index (χ0v) is 11.5. The number of Topliss-reactive ketones (excluding diaryl/α,β-unsaturated/α-hetero) is 1. The first-order chi connectivity index (χ1) is 8.81. The Morgan fingerprint density at radius 3 is 2.32 bits per heavy atom. The smallest absolute Gasteiger partial charge is 0.414 e. The van der Waals surface area contributed by atoms with Gasteiger partial charge in [0.15, 0.2) is 5.78 Å². The quantitative estimate of drug-likeness (QED) is 0.796. The highest BCUT2D eigenvalue weighted by molar-refractivity contribution is 5.97. The van der Waals surface area contributed by atoms with Gasteiger partial charge in [0.05, 0.1) is 12.1 Å². The Balaban J connectivity index is 2.62. The molecule has 0 aliphatic carbocycles. The number of anilines is 1. The molecule has 7 heteroatoms. The molecule has 1 aromatic rings. The van der Waals surface area contributed by atoms with Gasteiger partial charge in [0.2, 0.25) is 5.95 Å². The van der Waals surface area contributed by atoms with Gasteiger partial charge in [-0.1, -0.05) is 0 Å². The summed E-state index contributed by atoms with van der Waals surface area (Å²) in [5.74, 6) is -0.0263. The summed E-state index contributed by atoms with van der Waals surface area (Å²) in [6.45, 7) is 5.48. The molecular weight excluding hydrogens is 248 g/mol. The predicted octanol–water partition coefficient (Wildman–Crippen LogP) is 1.23. The van der Waals surface area contributed by atoms with E-state index in [1.165, 1.54) is 12.4 Å². The fraction of sp³-hybridized carbons (Fsp3) is 0.500. The highest BCUT2D eigenvalue weighted by atomic mass is 16.6. The summed E-state index contributed by atoms with van der Waals surface area (Å²) in [4.78, 5) is 30.7. The average molecular weight is 266 g/mol. The lowest BCUT2D eigenvalue weighted by atomic mass is 10.2. The number of rotatable bonds is 4. The summed E-state index contributed by atoms with van der Waals surface area (Å²) in [6.07, 6.45) is 2.08. The van der Waals surface area contributed by atoms with E-state index < -0.39 is 11.7 Å². The molecule has 0 saturated carbocycles. The van der Waals surface area contributed by atoms with Gasteiger partial charge < -0.3 is 10.1 Å². The van der Waals surface area contributed by atoms with Crippen LogP contribution in [0.3, 0.4) is 0 Å². The van der Waals surface area contributed by atoms with Crippen LogP contribution in [0.2, 0.25) is 0 Å². The SMILES string of the molecule is CNCC(=O)c1cnc(NC(=O)OC(C)(C)C)nc1. The summed E-state index contributed by atoms with van der Waals surface area (Å²) in [5, 5.41) is 5.13. The van der Waals surface area contributed by atoms with Gasteiger partial charge in [0, 0.05) is 12.4 Å². The number of aromatic nitrogens is 2. The number of likely N-dealkylation sites (N-methyl/N-ethyl adjacent to an activating group) is 1. The number of amides is 1. The molecule has 0 spiro atoms. The maximum absolute atomic E-state index is 11.5. The number of nitrogens with zero attached hydrogens (tertiary/aromatic N) is 2. The second-order valence-corrected chi connectivity index (χ2v) is 4.88. The van der Waals surface area contributed by atoms with Crippen LogP contribution in [0.25, 0.3) is 0 Å². The number of ketones is 1. The number of ether oxygens (including phenoxy) is 1. The Labute approximate surface area is 111 Å². The molecular formula is C12H18N4O3. The van der Waals surface area contributed by atoms with Crippen LogP contribution in [-0.2, 0) is 4.74 Å². The van der Waals surface area contributed by atoms with E-state index in [1.54, 1.807) is 27.8 Å².